The third kappa shape index (κ3) is 10.3. The molecule has 0 aliphatic rings. The van der Waals surface area contributed by atoms with Gasteiger partial charge in [-0.15, -0.1) is 0 Å². The lowest BCUT2D eigenvalue weighted by Gasteiger charge is -2.18. The number of thioether (sulfide) groups is 1. The first-order valence-corrected chi connectivity index (χ1v) is 11.6. The summed E-state index contributed by atoms with van der Waals surface area (Å²) in [7, 11) is 0. The molecule has 6 heteroatoms. The van der Waals surface area contributed by atoms with Crippen LogP contribution in [0.4, 0.5) is 0 Å². The Bertz CT molecular complexity index is 637. The highest BCUT2D eigenvalue weighted by molar-refractivity contribution is 8.00. The van der Waals surface area contributed by atoms with Gasteiger partial charge in [-0.3, -0.25) is 9.59 Å². The van der Waals surface area contributed by atoms with E-state index in [2.05, 4.69) is 16.9 Å². The first kappa shape index (κ1) is 24.7. The van der Waals surface area contributed by atoms with Crippen molar-refractivity contribution in [2.24, 2.45) is 0 Å². The molecule has 0 aliphatic heterocycles. The normalized spacial score (nSPS) is 12.9. The van der Waals surface area contributed by atoms with Crippen molar-refractivity contribution in [1.82, 2.24) is 9.97 Å². The summed E-state index contributed by atoms with van der Waals surface area (Å²) in [6.07, 6.45) is 12.9. The van der Waals surface area contributed by atoms with Crippen molar-refractivity contribution in [2.45, 2.75) is 114 Å². The summed E-state index contributed by atoms with van der Waals surface area (Å²) in [6.45, 7) is 8.20. The minimum absolute atomic E-state index is 0.231. The molecule has 0 fully saturated rings. The van der Waals surface area contributed by atoms with Gasteiger partial charge in [-0.05, 0) is 6.42 Å². The smallest absolute Gasteiger partial charge is 0.317 e. The average Bonchev–Trinajstić information content (AvgIpc) is 2.61. The third-order valence-corrected chi connectivity index (χ3v) is 5.98. The van der Waals surface area contributed by atoms with E-state index >= 15 is 0 Å². The van der Waals surface area contributed by atoms with Gasteiger partial charge >= 0.3 is 5.97 Å². The van der Waals surface area contributed by atoms with E-state index in [0.29, 0.717) is 17.3 Å². The first-order valence-electron chi connectivity index (χ1n) is 10.8. The summed E-state index contributed by atoms with van der Waals surface area (Å²) < 4.78 is 0. The quantitative estimate of drug-likeness (QED) is 0.226. The molecule has 0 bridgehead atoms. The van der Waals surface area contributed by atoms with Crippen molar-refractivity contribution >= 4 is 17.7 Å². The predicted octanol–water partition coefficient (Wildman–Crippen LogP) is 5.92. The number of unbranched alkanes of at least 4 members (excludes halogenated alkanes) is 9. The molecule has 160 valence electrons. The summed E-state index contributed by atoms with van der Waals surface area (Å²) >= 11 is 1.15. The SMILES string of the molecule is CCCCCCCCCCCCC(Sc1nc(C(C)(C)C)cc(=O)[nH]1)C(=O)O. The molecule has 2 N–H and O–H groups in total. The molecule has 1 atom stereocenters. The fourth-order valence-corrected chi connectivity index (χ4v) is 4.03. The lowest BCUT2D eigenvalue weighted by molar-refractivity contribution is -0.136. The molecule has 0 saturated carbocycles. The number of nitrogens with zero attached hydrogens (tertiary/aromatic N) is 1. The van der Waals surface area contributed by atoms with E-state index in [1.54, 1.807) is 0 Å². The molecule has 1 unspecified atom stereocenters. The van der Waals surface area contributed by atoms with Crippen LogP contribution < -0.4 is 5.56 Å². The van der Waals surface area contributed by atoms with Crippen LogP contribution in [0.2, 0.25) is 0 Å². The molecule has 0 radical (unpaired) electrons. The summed E-state index contributed by atoms with van der Waals surface area (Å²) in [6, 6.07) is 1.49. The Morgan fingerprint density at radius 3 is 2.11 bits per heavy atom. The highest BCUT2D eigenvalue weighted by Gasteiger charge is 2.22. The van der Waals surface area contributed by atoms with Crippen LogP contribution in [0.5, 0.6) is 0 Å². The molecular weight excluding hydrogens is 372 g/mol. The number of carboxylic acids is 1. The molecule has 0 saturated heterocycles. The number of hydrogen-bond acceptors (Lipinski definition) is 4. The summed E-state index contributed by atoms with van der Waals surface area (Å²) in [5, 5.41) is 9.36. The van der Waals surface area contributed by atoms with Crippen LogP contribution in [0.3, 0.4) is 0 Å². The standard InChI is InChI=1S/C22H38N2O3S/c1-5-6-7-8-9-10-11-12-13-14-15-17(20(26)27)28-21-23-18(22(2,3)4)16-19(25)24-21/h16-17H,5-15H2,1-4H3,(H,26,27)(H,23,24,25). The maximum absolute atomic E-state index is 11.9. The topological polar surface area (TPSA) is 83.0 Å². The molecule has 1 aromatic heterocycles. The van der Waals surface area contributed by atoms with Gasteiger partial charge in [0, 0.05) is 11.5 Å². The van der Waals surface area contributed by atoms with Crippen molar-refractivity contribution in [3.63, 3.8) is 0 Å². The van der Waals surface area contributed by atoms with E-state index < -0.39 is 11.2 Å². The summed E-state index contributed by atoms with van der Waals surface area (Å²) in [5.41, 5.74) is 0.200. The van der Waals surface area contributed by atoms with Crippen LogP contribution in [0.15, 0.2) is 16.0 Å². The number of aromatic amines is 1. The lowest BCUT2D eigenvalue weighted by Crippen LogP contribution is -2.22. The van der Waals surface area contributed by atoms with Gasteiger partial charge in [-0.2, -0.15) is 0 Å². The molecule has 0 aliphatic carbocycles. The van der Waals surface area contributed by atoms with Crippen molar-refractivity contribution in [3.8, 4) is 0 Å². The Hall–Kier alpha value is -1.30. The Morgan fingerprint density at radius 2 is 1.61 bits per heavy atom. The zero-order valence-electron chi connectivity index (χ0n) is 18.1. The van der Waals surface area contributed by atoms with Gasteiger partial charge in [-0.1, -0.05) is 104 Å². The minimum Gasteiger partial charge on any atom is -0.480 e. The van der Waals surface area contributed by atoms with Crippen LogP contribution in [-0.2, 0) is 10.2 Å². The average molecular weight is 411 g/mol. The number of carbonyl (C=O) groups is 1. The molecule has 0 aromatic carbocycles. The Morgan fingerprint density at radius 1 is 1.07 bits per heavy atom. The summed E-state index contributed by atoms with van der Waals surface area (Å²) in [4.78, 5) is 30.7. The number of carboxylic acid groups (broad SMARTS) is 1. The van der Waals surface area contributed by atoms with Crippen molar-refractivity contribution in [1.29, 1.82) is 0 Å². The fraction of sp³-hybridized carbons (Fsp3) is 0.773. The molecule has 0 amide bonds. The second-order valence-electron chi connectivity index (χ2n) is 8.60. The maximum Gasteiger partial charge on any atom is 0.317 e. The highest BCUT2D eigenvalue weighted by Crippen LogP contribution is 2.26. The second kappa shape index (κ2) is 13.0. The number of aliphatic carboxylic acids is 1. The highest BCUT2D eigenvalue weighted by atomic mass is 32.2. The van der Waals surface area contributed by atoms with E-state index in [9.17, 15) is 14.7 Å². The molecule has 0 spiro atoms. The van der Waals surface area contributed by atoms with E-state index in [4.69, 9.17) is 0 Å². The second-order valence-corrected chi connectivity index (χ2v) is 9.79. The number of hydrogen-bond donors (Lipinski definition) is 2. The number of aromatic nitrogens is 2. The predicted molar refractivity (Wildman–Crippen MR) is 117 cm³/mol. The van der Waals surface area contributed by atoms with Gasteiger partial charge in [-0.25, -0.2) is 4.98 Å². The molecule has 1 heterocycles. The lowest BCUT2D eigenvalue weighted by atomic mass is 9.92. The zero-order valence-corrected chi connectivity index (χ0v) is 18.9. The van der Waals surface area contributed by atoms with Gasteiger partial charge in [0.25, 0.3) is 5.56 Å². The number of rotatable bonds is 14. The van der Waals surface area contributed by atoms with E-state index in [-0.39, 0.29) is 11.0 Å². The monoisotopic (exact) mass is 410 g/mol. The molecular formula is C22H38N2O3S. The van der Waals surface area contributed by atoms with Gasteiger partial charge in [0.05, 0.1) is 5.69 Å². The van der Waals surface area contributed by atoms with Crippen LogP contribution in [0.1, 0.15) is 104 Å². The molecule has 28 heavy (non-hydrogen) atoms. The van der Waals surface area contributed by atoms with E-state index in [1.165, 1.54) is 57.4 Å². The van der Waals surface area contributed by atoms with Crippen LogP contribution in [0, 0.1) is 0 Å². The van der Waals surface area contributed by atoms with Gasteiger partial charge in [0.1, 0.15) is 5.25 Å². The van der Waals surface area contributed by atoms with Crippen LogP contribution in [-0.4, -0.2) is 26.3 Å². The summed E-state index contributed by atoms with van der Waals surface area (Å²) in [5.74, 6) is -0.843. The Kier molecular flexibility index (Phi) is 11.5. The largest absolute Gasteiger partial charge is 0.480 e. The number of H-pyrrole nitrogens is 1. The van der Waals surface area contributed by atoms with Crippen LogP contribution in [0.25, 0.3) is 0 Å². The van der Waals surface area contributed by atoms with E-state index in [1.807, 2.05) is 20.8 Å². The molecule has 5 nitrogen and oxygen atoms in total. The van der Waals surface area contributed by atoms with Gasteiger partial charge < -0.3 is 10.1 Å². The fourth-order valence-electron chi connectivity index (χ4n) is 3.06. The Labute approximate surface area is 174 Å². The molecule has 1 rings (SSSR count). The Balaban J connectivity index is 2.39. The maximum atomic E-state index is 11.9. The van der Waals surface area contributed by atoms with Crippen LogP contribution >= 0.6 is 11.8 Å². The zero-order chi connectivity index (χ0) is 21.0. The van der Waals surface area contributed by atoms with Crippen molar-refractivity contribution in [2.75, 3.05) is 0 Å². The molecule has 1 aromatic rings. The van der Waals surface area contributed by atoms with E-state index in [0.717, 1.165) is 24.6 Å². The minimum atomic E-state index is -0.843. The first-order chi connectivity index (χ1) is 13.2. The van der Waals surface area contributed by atoms with Gasteiger partial charge in [0.2, 0.25) is 0 Å². The van der Waals surface area contributed by atoms with Crippen molar-refractivity contribution < 1.29 is 9.90 Å². The number of nitrogens with one attached hydrogen (secondary N) is 1. The third-order valence-electron chi connectivity index (χ3n) is 4.84. The van der Waals surface area contributed by atoms with Crippen molar-refractivity contribution in [3.05, 3.63) is 22.1 Å². The van der Waals surface area contributed by atoms with Gasteiger partial charge in [0.15, 0.2) is 5.16 Å².